The molecular weight excluding hydrogens is 356 g/mol. The van der Waals surface area contributed by atoms with Crippen molar-refractivity contribution >= 4 is 22.5 Å². The molecule has 3 aromatic rings. The van der Waals surface area contributed by atoms with Crippen LogP contribution in [-0.4, -0.2) is 23.8 Å². The summed E-state index contributed by atoms with van der Waals surface area (Å²) in [6.45, 7) is 0. The van der Waals surface area contributed by atoms with Crippen molar-refractivity contribution in [2.45, 2.75) is 37.9 Å². The fourth-order valence-corrected chi connectivity index (χ4v) is 4.02. The van der Waals surface area contributed by atoms with Crippen LogP contribution >= 0.6 is 0 Å². The van der Waals surface area contributed by atoms with Crippen LogP contribution in [0.25, 0.3) is 10.9 Å². The van der Waals surface area contributed by atoms with E-state index in [1.165, 1.54) is 6.42 Å². The van der Waals surface area contributed by atoms with Crippen molar-refractivity contribution in [1.29, 1.82) is 0 Å². The molecule has 0 atom stereocenters. The second-order valence-electron chi connectivity index (χ2n) is 7.43. The minimum absolute atomic E-state index is 0.207. The van der Waals surface area contributed by atoms with Crippen LogP contribution in [0.4, 0.5) is 5.69 Å². The zero-order valence-corrected chi connectivity index (χ0v) is 15.7. The molecule has 2 aromatic carbocycles. The van der Waals surface area contributed by atoms with E-state index in [9.17, 15) is 4.79 Å². The molecule has 1 saturated carbocycles. The van der Waals surface area contributed by atoms with Gasteiger partial charge in [-0.1, -0.05) is 6.42 Å². The molecule has 1 aromatic heterocycles. The second-order valence-corrected chi connectivity index (χ2v) is 7.43. The summed E-state index contributed by atoms with van der Waals surface area (Å²) in [4.78, 5) is 15.8. The summed E-state index contributed by atoms with van der Waals surface area (Å²) in [6.07, 6.45) is 5.26. The van der Waals surface area contributed by atoms with Crippen molar-refractivity contribution in [1.82, 2.24) is 4.98 Å². The van der Waals surface area contributed by atoms with Gasteiger partial charge >= 0.3 is 0 Å². The lowest BCUT2D eigenvalue weighted by Crippen LogP contribution is -2.40. The lowest BCUT2D eigenvalue weighted by Gasteiger charge is -2.31. The summed E-state index contributed by atoms with van der Waals surface area (Å²) in [5.41, 5.74) is 2.02. The van der Waals surface area contributed by atoms with Crippen molar-refractivity contribution in [3.8, 4) is 17.2 Å². The Hall–Kier alpha value is -3.15. The number of carbonyl (C=O) groups excluding carboxylic acids is 1. The van der Waals surface area contributed by atoms with Crippen LogP contribution in [-0.2, 0) is 0 Å². The van der Waals surface area contributed by atoms with Crippen LogP contribution in [0, 0.1) is 0 Å². The van der Waals surface area contributed by atoms with Crippen LogP contribution < -0.4 is 19.5 Å². The van der Waals surface area contributed by atoms with E-state index in [2.05, 4.69) is 10.3 Å². The number of hydrogen-bond donors (Lipinski definition) is 2. The minimum atomic E-state index is -0.514. The molecule has 6 nitrogen and oxygen atoms in total. The first-order chi connectivity index (χ1) is 13.6. The molecule has 144 valence electrons. The topological polar surface area (TPSA) is 72.6 Å². The molecular formula is C22H22N2O4. The first kappa shape index (κ1) is 17.0. The van der Waals surface area contributed by atoms with Gasteiger partial charge in [0.15, 0.2) is 11.5 Å². The Balaban J connectivity index is 1.34. The minimum Gasteiger partial charge on any atom is -0.497 e. The fraction of sp³-hybridized carbons (Fsp3) is 0.318. The van der Waals surface area contributed by atoms with E-state index in [0.717, 1.165) is 48.1 Å². The highest BCUT2D eigenvalue weighted by atomic mass is 16.7. The fourth-order valence-electron chi connectivity index (χ4n) is 4.02. The SMILES string of the molecule is COc1ccc2cc(C(=O)Nc3ccc4c(c3)OC3(CCCCC3)O4)[nH]c2c1. The average molecular weight is 378 g/mol. The van der Waals surface area contributed by atoms with E-state index >= 15 is 0 Å². The first-order valence-corrected chi connectivity index (χ1v) is 9.64. The number of fused-ring (bicyclic) bond motifs is 2. The number of hydrogen-bond acceptors (Lipinski definition) is 4. The molecule has 1 aliphatic heterocycles. The maximum Gasteiger partial charge on any atom is 0.272 e. The molecule has 2 aliphatic rings. The summed E-state index contributed by atoms with van der Waals surface area (Å²) >= 11 is 0. The number of aromatic nitrogens is 1. The number of anilines is 1. The molecule has 28 heavy (non-hydrogen) atoms. The number of carbonyl (C=O) groups is 1. The number of H-pyrrole nitrogens is 1. The molecule has 6 heteroatoms. The molecule has 0 bridgehead atoms. The first-order valence-electron chi connectivity index (χ1n) is 9.64. The molecule has 2 heterocycles. The molecule has 2 N–H and O–H groups in total. The molecule has 0 radical (unpaired) electrons. The van der Waals surface area contributed by atoms with E-state index in [0.29, 0.717) is 17.1 Å². The Morgan fingerprint density at radius 1 is 1.04 bits per heavy atom. The predicted octanol–water partition coefficient (Wildman–Crippen LogP) is 4.86. The average Bonchev–Trinajstić information content (AvgIpc) is 3.28. The maximum absolute atomic E-state index is 12.7. The largest absolute Gasteiger partial charge is 0.497 e. The Morgan fingerprint density at radius 3 is 2.68 bits per heavy atom. The third-order valence-corrected chi connectivity index (χ3v) is 5.48. The van der Waals surface area contributed by atoms with Gasteiger partial charge in [0.05, 0.1) is 7.11 Å². The van der Waals surface area contributed by atoms with Crippen molar-refractivity contribution in [3.63, 3.8) is 0 Å². The Labute approximate surface area is 162 Å². The van der Waals surface area contributed by atoms with Gasteiger partial charge in [-0.3, -0.25) is 4.79 Å². The monoisotopic (exact) mass is 378 g/mol. The molecule has 1 fully saturated rings. The highest BCUT2D eigenvalue weighted by molar-refractivity contribution is 6.06. The molecule has 1 amide bonds. The van der Waals surface area contributed by atoms with Gasteiger partial charge in [0.25, 0.3) is 11.7 Å². The maximum atomic E-state index is 12.7. The predicted molar refractivity (Wildman–Crippen MR) is 106 cm³/mol. The van der Waals surface area contributed by atoms with Crippen LogP contribution in [0.2, 0.25) is 0 Å². The zero-order chi connectivity index (χ0) is 19.1. The van der Waals surface area contributed by atoms with Gasteiger partial charge < -0.3 is 24.5 Å². The summed E-state index contributed by atoms with van der Waals surface area (Å²) < 4.78 is 17.5. The van der Waals surface area contributed by atoms with Gasteiger partial charge in [0, 0.05) is 41.6 Å². The highest BCUT2D eigenvalue weighted by Crippen LogP contribution is 2.46. The van der Waals surface area contributed by atoms with Crippen LogP contribution in [0.5, 0.6) is 17.2 Å². The third kappa shape index (κ3) is 2.95. The van der Waals surface area contributed by atoms with E-state index in [-0.39, 0.29) is 5.91 Å². The van der Waals surface area contributed by atoms with Crippen molar-refractivity contribution in [2.75, 3.05) is 12.4 Å². The van der Waals surface area contributed by atoms with Gasteiger partial charge in [0.1, 0.15) is 11.4 Å². The number of nitrogens with one attached hydrogen (secondary N) is 2. The van der Waals surface area contributed by atoms with E-state index < -0.39 is 5.79 Å². The Bertz CT molecular complexity index is 1050. The van der Waals surface area contributed by atoms with E-state index in [4.69, 9.17) is 14.2 Å². The lowest BCUT2D eigenvalue weighted by molar-refractivity contribution is -0.105. The van der Waals surface area contributed by atoms with Gasteiger partial charge in [-0.25, -0.2) is 0 Å². The molecule has 1 aliphatic carbocycles. The summed E-state index contributed by atoms with van der Waals surface area (Å²) in [6, 6.07) is 13.0. The van der Waals surface area contributed by atoms with Gasteiger partial charge in [-0.2, -0.15) is 0 Å². The van der Waals surface area contributed by atoms with Crippen LogP contribution in [0.1, 0.15) is 42.6 Å². The van der Waals surface area contributed by atoms with E-state index in [1.807, 2.05) is 42.5 Å². The highest BCUT2D eigenvalue weighted by Gasteiger charge is 2.42. The van der Waals surface area contributed by atoms with Gasteiger partial charge in [0.2, 0.25) is 0 Å². The normalized spacial score (nSPS) is 17.0. The van der Waals surface area contributed by atoms with Crippen molar-refractivity contribution < 1.29 is 19.0 Å². The summed E-state index contributed by atoms with van der Waals surface area (Å²) in [7, 11) is 1.62. The van der Waals surface area contributed by atoms with Crippen molar-refractivity contribution in [3.05, 3.63) is 48.2 Å². The molecule has 5 rings (SSSR count). The van der Waals surface area contributed by atoms with Gasteiger partial charge in [-0.05, 0) is 43.2 Å². The van der Waals surface area contributed by atoms with Crippen molar-refractivity contribution in [2.24, 2.45) is 0 Å². The number of methoxy groups -OCH3 is 1. The number of ether oxygens (including phenoxy) is 3. The summed E-state index contributed by atoms with van der Waals surface area (Å²) in [5, 5.41) is 3.89. The number of aromatic amines is 1. The Kier molecular flexibility index (Phi) is 3.93. The number of benzene rings is 2. The standard InChI is InChI=1S/C22H22N2O4/c1-26-16-7-5-14-11-18(24-17(14)13-16)21(25)23-15-6-8-19-20(12-15)28-22(27-19)9-3-2-4-10-22/h5-8,11-13,24H,2-4,9-10H2,1H3,(H,23,25). The summed E-state index contributed by atoms with van der Waals surface area (Å²) in [5.74, 6) is 1.47. The smallest absolute Gasteiger partial charge is 0.272 e. The molecule has 1 spiro atoms. The van der Waals surface area contributed by atoms with Crippen LogP contribution in [0.3, 0.4) is 0 Å². The van der Waals surface area contributed by atoms with E-state index in [1.54, 1.807) is 7.11 Å². The number of amides is 1. The lowest BCUT2D eigenvalue weighted by atomic mass is 9.94. The Morgan fingerprint density at radius 2 is 1.86 bits per heavy atom. The number of rotatable bonds is 3. The van der Waals surface area contributed by atoms with Crippen LogP contribution in [0.15, 0.2) is 42.5 Å². The molecule has 0 saturated heterocycles. The quantitative estimate of drug-likeness (QED) is 0.683. The molecule has 0 unspecified atom stereocenters. The van der Waals surface area contributed by atoms with Gasteiger partial charge in [-0.15, -0.1) is 0 Å². The second kappa shape index (κ2) is 6.48. The zero-order valence-electron chi connectivity index (χ0n) is 15.7. The third-order valence-electron chi connectivity index (χ3n) is 5.48.